The molecule has 0 spiro atoms. The Morgan fingerprint density at radius 1 is 0.552 bits per heavy atom. The van der Waals surface area contributed by atoms with Crippen molar-refractivity contribution in [1.82, 2.24) is 0 Å². The SMILES string of the molecule is CC/C=C/C/C=C/C/C=C/C/C=C/C/C=C/C/C=C/CCC(=O)OC[C@H](COP(=O)([O-])OCC[N+](C)(C)C)OC(=O)CCCCCCC/C=C/CCCCCCCC. The predicted octanol–water partition coefficient (Wildman–Crippen LogP) is 12.2. The predicted molar refractivity (Wildman–Crippen MR) is 240 cm³/mol. The van der Waals surface area contributed by atoms with E-state index in [1.54, 1.807) is 0 Å². The van der Waals surface area contributed by atoms with Crippen molar-refractivity contribution in [1.29, 1.82) is 0 Å². The molecule has 0 bridgehead atoms. The van der Waals surface area contributed by atoms with Crippen LogP contribution in [0.1, 0.15) is 155 Å². The van der Waals surface area contributed by atoms with Gasteiger partial charge in [-0.1, -0.05) is 150 Å². The lowest BCUT2D eigenvalue weighted by atomic mass is 10.1. The van der Waals surface area contributed by atoms with Crippen LogP contribution in [0.3, 0.4) is 0 Å². The highest BCUT2D eigenvalue weighted by atomic mass is 31.2. The minimum atomic E-state index is -4.65. The van der Waals surface area contributed by atoms with Crippen LogP contribution in [0.25, 0.3) is 0 Å². The Hall–Kier alpha value is -2.81. The van der Waals surface area contributed by atoms with E-state index in [0.717, 1.165) is 70.6 Å². The second-order valence-corrected chi connectivity index (χ2v) is 17.1. The normalized spacial score (nSPS) is 14.4. The molecule has 0 amide bonds. The second kappa shape index (κ2) is 39.6. The van der Waals surface area contributed by atoms with Crippen LogP contribution in [0.15, 0.2) is 85.1 Å². The van der Waals surface area contributed by atoms with E-state index in [-0.39, 0.29) is 26.1 Å². The first-order valence-electron chi connectivity index (χ1n) is 22.3. The maximum Gasteiger partial charge on any atom is 0.306 e. The van der Waals surface area contributed by atoms with Gasteiger partial charge in [0.2, 0.25) is 0 Å². The van der Waals surface area contributed by atoms with Gasteiger partial charge in [0.05, 0.1) is 27.7 Å². The fraction of sp³-hybridized carbons (Fsp3) is 0.667. The van der Waals surface area contributed by atoms with Crippen molar-refractivity contribution in [3.63, 3.8) is 0 Å². The molecule has 0 aliphatic rings. The van der Waals surface area contributed by atoms with Gasteiger partial charge in [-0.2, -0.15) is 0 Å². The number of esters is 2. The molecule has 0 aromatic carbocycles. The van der Waals surface area contributed by atoms with Gasteiger partial charge in [0.25, 0.3) is 7.82 Å². The first-order chi connectivity index (χ1) is 28.0. The van der Waals surface area contributed by atoms with Gasteiger partial charge in [-0.3, -0.25) is 14.2 Å². The molecule has 0 saturated carbocycles. The average molecular weight is 832 g/mol. The number of rotatable bonds is 39. The van der Waals surface area contributed by atoms with E-state index in [1.807, 2.05) is 33.3 Å². The number of hydrogen-bond acceptors (Lipinski definition) is 8. The molecule has 10 heteroatoms. The standard InChI is InChI=1S/C48H82NO8P/c1-6-8-10-12-14-16-18-20-22-23-24-25-27-28-30-32-34-36-38-40-47(50)54-44-46(45-56-58(52,53)55-43-42-49(3,4)5)57-48(51)41-39-37-35-33-31-29-26-21-19-17-15-13-11-9-7-2/h8,10,14,16,20-22,24-26,28,30,34,36,46H,6-7,9,11-13,15,17-19,23,27,29,31-33,35,37-45H2,1-5H3/b10-8+,16-14+,22-20+,25-24+,26-21+,30-28+,36-34+/t46-/m1/s1. The Kier molecular flexibility index (Phi) is 37.7. The summed E-state index contributed by atoms with van der Waals surface area (Å²) >= 11 is 0. The third-order valence-electron chi connectivity index (χ3n) is 8.91. The minimum absolute atomic E-state index is 0.0478. The van der Waals surface area contributed by atoms with Gasteiger partial charge in [0.1, 0.15) is 19.8 Å². The fourth-order valence-electron chi connectivity index (χ4n) is 5.44. The maximum atomic E-state index is 12.7. The summed E-state index contributed by atoms with van der Waals surface area (Å²) in [5.74, 6) is -0.950. The lowest BCUT2D eigenvalue weighted by Crippen LogP contribution is -2.37. The van der Waals surface area contributed by atoms with E-state index in [9.17, 15) is 19.0 Å². The number of likely N-dealkylation sites (N-methyl/N-ethyl adjacent to an activating group) is 1. The average Bonchev–Trinajstić information content (AvgIpc) is 3.17. The zero-order valence-corrected chi connectivity index (χ0v) is 38.1. The topological polar surface area (TPSA) is 111 Å². The number of unbranched alkanes of at least 4 members (excludes halogenated alkanes) is 11. The Morgan fingerprint density at radius 3 is 1.53 bits per heavy atom. The van der Waals surface area contributed by atoms with Crippen molar-refractivity contribution >= 4 is 19.8 Å². The highest BCUT2D eigenvalue weighted by Crippen LogP contribution is 2.38. The number of allylic oxidation sites excluding steroid dienone is 14. The molecule has 0 aromatic heterocycles. The fourth-order valence-corrected chi connectivity index (χ4v) is 6.17. The molecule has 0 fully saturated rings. The van der Waals surface area contributed by atoms with Crippen LogP contribution in [0, 0.1) is 0 Å². The summed E-state index contributed by atoms with van der Waals surface area (Å²) in [6.07, 6.45) is 50.5. The van der Waals surface area contributed by atoms with Crippen molar-refractivity contribution in [2.45, 2.75) is 161 Å². The molecule has 0 aliphatic heterocycles. The molecule has 0 aromatic rings. The van der Waals surface area contributed by atoms with E-state index in [1.165, 1.54) is 44.9 Å². The van der Waals surface area contributed by atoms with Crippen molar-refractivity contribution in [3.05, 3.63) is 85.1 Å². The number of phosphoric acid groups is 1. The van der Waals surface area contributed by atoms with Crippen LogP contribution >= 0.6 is 7.82 Å². The lowest BCUT2D eigenvalue weighted by molar-refractivity contribution is -0.870. The first-order valence-corrected chi connectivity index (χ1v) is 23.8. The molecular formula is C48H82NO8P. The minimum Gasteiger partial charge on any atom is -0.756 e. The Labute approximate surface area is 354 Å². The van der Waals surface area contributed by atoms with Crippen molar-refractivity contribution in [2.75, 3.05) is 47.5 Å². The molecule has 332 valence electrons. The molecule has 1 unspecified atom stereocenters. The first kappa shape index (κ1) is 55.2. The van der Waals surface area contributed by atoms with E-state index in [0.29, 0.717) is 23.9 Å². The summed E-state index contributed by atoms with van der Waals surface area (Å²) in [6.45, 7) is 3.99. The van der Waals surface area contributed by atoms with Crippen molar-refractivity contribution in [3.8, 4) is 0 Å². The summed E-state index contributed by atoms with van der Waals surface area (Å²) in [7, 11) is 1.11. The van der Waals surface area contributed by atoms with Crippen LogP contribution in [0.5, 0.6) is 0 Å². The van der Waals surface area contributed by atoms with Gasteiger partial charge in [-0.15, -0.1) is 0 Å². The molecule has 0 saturated heterocycles. The number of carbonyl (C=O) groups excluding carboxylic acids is 2. The van der Waals surface area contributed by atoms with Gasteiger partial charge < -0.3 is 27.9 Å². The number of phosphoric ester groups is 1. The molecule has 2 atom stereocenters. The summed E-state index contributed by atoms with van der Waals surface area (Å²) in [4.78, 5) is 37.5. The molecular weight excluding hydrogens is 750 g/mol. The molecule has 9 nitrogen and oxygen atoms in total. The smallest absolute Gasteiger partial charge is 0.306 e. The zero-order chi connectivity index (χ0) is 42.8. The highest BCUT2D eigenvalue weighted by molar-refractivity contribution is 7.45. The molecule has 0 aliphatic carbocycles. The van der Waals surface area contributed by atoms with Gasteiger partial charge in [0.15, 0.2) is 6.10 Å². The van der Waals surface area contributed by atoms with Crippen LogP contribution < -0.4 is 4.89 Å². The van der Waals surface area contributed by atoms with Crippen LogP contribution in [-0.4, -0.2) is 70.0 Å². The van der Waals surface area contributed by atoms with Crippen LogP contribution in [0.2, 0.25) is 0 Å². The van der Waals surface area contributed by atoms with Crippen molar-refractivity contribution < 1.29 is 42.1 Å². The number of hydrogen-bond donors (Lipinski definition) is 0. The number of ether oxygens (including phenoxy) is 2. The Bertz CT molecular complexity index is 1260. The molecule has 0 N–H and O–H groups in total. The molecule has 0 heterocycles. The number of carbonyl (C=O) groups is 2. The highest BCUT2D eigenvalue weighted by Gasteiger charge is 2.21. The summed E-state index contributed by atoms with van der Waals surface area (Å²) < 4.78 is 33.8. The monoisotopic (exact) mass is 832 g/mol. The third-order valence-corrected chi connectivity index (χ3v) is 9.88. The quantitative estimate of drug-likeness (QED) is 0.0198. The van der Waals surface area contributed by atoms with Crippen molar-refractivity contribution in [2.24, 2.45) is 0 Å². The van der Waals surface area contributed by atoms with E-state index >= 15 is 0 Å². The van der Waals surface area contributed by atoms with E-state index in [4.69, 9.17) is 18.5 Å². The molecule has 0 rings (SSSR count). The number of quaternary nitrogens is 1. The summed E-state index contributed by atoms with van der Waals surface area (Å²) in [5.41, 5.74) is 0. The van der Waals surface area contributed by atoms with E-state index < -0.39 is 32.5 Å². The van der Waals surface area contributed by atoms with Crippen LogP contribution in [-0.2, 0) is 32.7 Å². The zero-order valence-electron chi connectivity index (χ0n) is 37.2. The van der Waals surface area contributed by atoms with E-state index in [2.05, 4.69) is 86.8 Å². The largest absolute Gasteiger partial charge is 0.756 e. The third kappa shape index (κ3) is 42.8. The Morgan fingerprint density at radius 2 is 1.02 bits per heavy atom. The molecule has 0 radical (unpaired) electrons. The number of nitrogens with zero attached hydrogens (tertiary/aromatic N) is 1. The second-order valence-electron chi connectivity index (χ2n) is 15.7. The summed E-state index contributed by atoms with van der Waals surface area (Å²) in [5, 5.41) is 0. The van der Waals surface area contributed by atoms with Gasteiger partial charge in [-0.05, 0) is 77.0 Å². The van der Waals surface area contributed by atoms with Gasteiger partial charge in [0, 0.05) is 12.8 Å². The van der Waals surface area contributed by atoms with Gasteiger partial charge >= 0.3 is 11.9 Å². The van der Waals surface area contributed by atoms with Gasteiger partial charge in [-0.25, -0.2) is 0 Å². The lowest BCUT2D eigenvalue weighted by Gasteiger charge is -2.28. The maximum absolute atomic E-state index is 12.7. The summed E-state index contributed by atoms with van der Waals surface area (Å²) in [6, 6.07) is 0. The van der Waals surface area contributed by atoms with Crippen LogP contribution in [0.4, 0.5) is 0 Å². The molecule has 58 heavy (non-hydrogen) atoms. The Balaban J connectivity index is 4.50.